The number of carbonyl (C=O) groups is 1. The Balaban J connectivity index is 1.48. The van der Waals surface area contributed by atoms with Crippen LogP contribution in [0.2, 0.25) is 0 Å². The van der Waals surface area contributed by atoms with Gasteiger partial charge in [0.25, 0.3) is 17.2 Å². The number of piperidine rings is 1. The highest BCUT2D eigenvalue weighted by molar-refractivity contribution is 6.02. The zero-order valence-electron chi connectivity index (χ0n) is 21.6. The molecule has 1 saturated heterocycles. The van der Waals surface area contributed by atoms with Crippen LogP contribution in [-0.2, 0) is 20.6 Å². The van der Waals surface area contributed by atoms with Gasteiger partial charge in [0, 0.05) is 45.8 Å². The summed E-state index contributed by atoms with van der Waals surface area (Å²) in [6.45, 7) is 4.42. The van der Waals surface area contributed by atoms with Crippen molar-refractivity contribution in [2.45, 2.75) is 39.3 Å². The van der Waals surface area contributed by atoms with E-state index in [2.05, 4.69) is 0 Å². The fraction of sp³-hybridized carbons (Fsp3) is 0.385. The first-order valence-corrected chi connectivity index (χ1v) is 12.4. The van der Waals surface area contributed by atoms with Crippen LogP contribution in [-0.4, -0.2) is 47.1 Å². The zero-order valence-corrected chi connectivity index (χ0v) is 21.6. The fourth-order valence-electron chi connectivity index (χ4n) is 5.48. The SMILES string of the molecule is CCn1c(=O)n(C)c2cc(C(=O)N3CCC(n4c(=O)c5cc(C)ccc5n(C)c4=O)CC3)c([N+](=O)[O-])cc21. The summed E-state index contributed by atoms with van der Waals surface area (Å²) in [5, 5.41) is 12.3. The van der Waals surface area contributed by atoms with E-state index < -0.39 is 22.6 Å². The summed E-state index contributed by atoms with van der Waals surface area (Å²) in [6.07, 6.45) is 0.692. The minimum atomic E-state index is -0.614. The van der Waals surface area contributed by atoms with Crippen LogP contribution in [0.5, 0.6) is 0 Å². The number of fused-ring (bicyclic) bond motifs is 2. The molecule has 0 unspecified atom stereocenters. The Hall–Kier alpha value is -4.48. The van der Waals surface area contributed by atoms with Crippen molar-refractivity contribution in [3.05, 3.63) is 82.9 Å². The van der Waals surface area contributed by atoms with Crippen molar-refractivity contribution in [3.63, 3.8) is 0 Å². The number of likely N-dealkylation sites (tertiary alicyclic amines) is 1. The Morgan fingerprint density at radius 1 is 0.974 bits per heavy atom. The third-order valence-electron chi connectivity index (χ3n) is 7.58. The molecule has 198 valence electrons. The normalized spacial score (nSPS) is 14.5. The lowest BCUT2D eigenvalue weighted by molar-refractivity contribution is -0.385. The van der Waals surface area contributed by atoms with Crippen LogP contribution in [0.25, 0.3) is 21.9 Å². The zero-order chi connectivity index (χ0) is 27.5. The van der Waals surface area contributed by atoms with E-state index in [1.54, 1.807) is 33.2 Å². The van der Waals surface area contributed by atoms with E-state index in [0.717, 1.165) is 5.56 Å². The van der Waals surface area contributed by atoms with E-state index in [1.165, 1.54) is 35.3 Å². The van der Waals surface area contributed by atoms with E-state index in [-0.39, 0.29) is 35.6 Å². The quantitative estimate of drug-likeness (QED) is 0.299. The van der Waals surface area contributed by atoms with Crippen molar-refractivity contribution < 1.29 is 9.72 Å². The van der Waals surface area contributed by atoms with Gasteiger partial charge in [-0.25, -0.2) is 9.59 Å². The molecule has 1 aliphatic heterocycles. The van der Waals surface area contributed by atoms with Crippen molar-refractivity contribution in [2.24, 2.45) is 14.1 Å². The summed E-state index contributed by atoms with van der Waals surface area (Å²) >= 11 is 0. The maximum absolute atomic E-state index is 13.5. The minimum absolute atomic E-state index is 0.0981. The van der Waals surface area contributed by atoms with Gasteiger partial charge >= 0.3 is 11.4 Å². The number of hydrogen-bond donors (Lipinski definition) is 0. The Bertz CT molecular complexity index is 1820. The fourth-order valence-corrected chi connectivity index (χ4v) is 5.48. The first-order chi connectivity index (χ1) is 18.0. The highest BCUT2D eigenvalue weighted by atomic mass is 16.6. The second kappa shape index (κ2) is 9.12. The van der Waals surface area contributed by atoms with E-state index in [0.29, 0.717) is 41.3 Å². The lowest BCUT2D eigenvalue weighted by Crippen LogP contribution is -2.46. The third kappa shape index (κ3) is 3.75. The molecule has 2 aromatic carbocycles. The van der Waals surface area contributed by atoms with Crippen LogP contribution in [0.1, 0.15) is 41.7 Å². The van der Waals surface area contributed by atoms with Crippen LogP contribution in [0, 0.1) is 17.0 Å². The third-order valence-corrected chi connectivity index (χ3v) is 7.58. The van der Waals surface area contributed by atoms with Gasteiger partial charge < -0.3 is 4.90 Å². The number of carbonyl (C=O) groups excluding carboxylic acids is 1. The number of nitro benzene ring substituents is 1. The number of benzene rings is 2. The Morgan fingerprint density at radius 2 is 1.63 bits per heavy atom. The highest BCUT2D eigenvalue weighted by Gasteiger charge is 2.32. The number of hydrogen-bond acceptors (Lipinski definition) is 6. The summed E-state index contributed by atoms with van der Waals surface area (Å²) in [7, 11) is 3.19. The lowest BCUT2D eigenvalue weighted by Gasteiger charge is -2.32. The van der Waals surface area contributed by atoms with Gasteiger partial charge in [-0.1, -0.05) is 11.6 Å². The van der Waals surface area contributed by atoms with E-state index in [1.807, 2.05) is 13.0 Å². The van der Waals surface area contributed by atoms with E-state index >= 15 is 0 Å². The van der Waals surface area contributed by atoms with Gasteiger partial charge in [-0.2, -0.15) is 0 Å². The average molecular weight is 521 g/mol. The highest BCUT2D eigenvalue weighted by Crippen LogP contribution is 2.29. The Kier molecular flexibility index (Phi) is 6.04. The summed E-state index contributed by atoms with van der Waals surface area (Å²) in [5.74, 6) is -0.525. The van der Waals surface area contributed by atoms with Gasteiger partial charge in [0.05, 0.1) is 26.9 Å². The number of rotatable bonds is 4. The maximum Gasteiger partial charge on any atom is 0.331 e. The van der Waals surface area contributed by atoms with E-state index in [4.69, 9.17) is 0 Å². The first kappa shape index (κ1) is 25.2. The largest absolute Gasteiger partial charge is 0.338 e. The molecule has 5 rings (SSSR count). The second-order valence-electron chi connectivity index (χ2n) is 9.76. The molecule has 0 aliphatic carbocycles. The molecule has 0 spiro atoms. The number of aromatic nitrogens is 4. The van der Waals surface area contributed by atoms with Gasteiger partial charge in [0.1, 0.15) is 5.56 Å². The number of nitro groups is 1. The monoisotopic (exact) mass is 520 g/mol. The summed E-state index contributed by atoms with van der Waals surface area (Å²) in [5.41, 5.74) is 0.726. The number of nitrogens with zero attached hydrogens (tertiary/aromatic N) is 6. The van der Waals surface area contributed by atoms with Gasteiger partial charge in [-0.3, -0.25) is 38.0 Å². The molecule has 12 nitrogen and oxygen atoms in total. The standard InChI is InChI=1S/C26H28N6O6/c1-5-30-22-14-20(32(37)38)18(13-21(22)28(4)25(30)35)23(33)29-10-8-16(9-11-29)31-24(34)17-12-15(2)6-7-19(17)27(3)26(31)36/h6-7,12-14,16H,5,8-11H2,1-4H3. The van der Waals surface area contributed by atoms with Gasteiger partial charge in [0.15, 0.2) is 0 Å². The number of aryl methyl sites for hydroxylation is 4. The number of imidazole rings is 1. The molecule has 0 N–H and O–H groups in total. The molecule has 1 aliphatic rings. The molecule has 4 aromatic rings. The van der Waals surface area contributed by atoms with Crippen molar-refractivity contribution in [1.82, 2.24) is 23.2 Å². The average Bonchev–Trinajstić information content (AvgIpc) is 3.14. The van der Waals surface area contributed by atoms with Crippen LogP contribution in [0.4, 0.5) is 5.69 Å². The van der Waals surface area contributed by atoms with Gasteiger partial charge in [-0.15, -0.1) is 0 Å². The summed E-state index contributed by atoms with van der Waals surface area (Å²) in [4.78, 5) is 65.2. The van der Waals surface area contributed by atoms with Gasteiger partial charge in [0.2, 0.25) is 0 Å². The molecule has 2 aromatic heterocycles. The molecule has 0 atom stereocenters. The first-order valence-electron chi connectivity index (χ1n) is 12.4. The molecule has 0 saturated carbocycles. The molecule has 1 fully saturated rings. The van der Waals surface area contributed by atoms with Crippen LogP contribution >= 0.6 is 0 Å². The maximum atomic E-state index is 13.5. The predicted octanol–water partition coefficient (Wildman–Crippen LogP) is 2.07. The smallest absolute Gasteiger partial charge is 0.331 e. The van der Waals surface area contributed by atoms with Crippen molar-refractivity contribution in [3.8, 4) is 0 Å². The molecular formula is C26H28N6O6. The second-order valence-corrected chi connectivity index (χ2v) is 9.76. The molecule has 0 radical (unpaired) electrons. The molecular weight excluding hydrogens is 492 g/mol. The minimum Gasteiger partial charge on any atom is -0.338 e. The molecule has 0 bridgehead atoms. The van der Waals surface area contributed by atoms with Crippen LogP contribution < -0.4 is 16.9 Å². The number of amides is 1. The van der Waals surface area contributed by atoms with E-state index in [9.17, 15) is 29.3 Å². The van der Waals surface area contributed by atoms with Crippen LogP contribution in [0.15, 0.2) is 44.7 Å². The summed E-state index contributed by atoms with van der Waals surface area (Å²) in [6, 6.07) is 7.64. The Morgan fingerprint density at radius 3 is 2.26 bits per heavy atom. The molecule has 3 heterocycles. The predicted molar refractivity (Wildman–Crippen MR) is 142 cm³/mol. The molecule has 12 heteroatoms. The van der Waals surface area contributed by atoms with Crippen molar-refractivity contribution >= 4 is 33.5 Å². The van der Waals surface area contributed by atoms with Crippen molar-refractivity contribution in [1.29, 1.82) is 0 Å². The Labute approximate surface area is 216 Å². The molecule has 1 amide bonds. The summed E-state index contributed by atoms with van der Waals surface area (Å²) < 4.78 is 5.51. The van der Waals surface area contributed by atoms with Gasteiger partial charge in [-0.05, 0) is 44.9 Å². The lowest BCUT2D eigenvalue weighted by atomic mass is 10.0. The topological polar surface area (TPSA) is 134 Å². The van der Waals surface area contributed by atoms with Crippen molar-refractivity contribution in [2.75, 3.05) is 13.1 Å². The van der Waals surface area contributed by atoms with Crippen LogP contribution in [0.3, 0.4) is 0 Å². The molecule has 38 heavy (non-hydrogen) atoms.